The molecule has 0 bridgehead atoms. The summed E-state index contributed by atoms with van der Waals surface area (Å²) in [6.07, 6.45) is 11.5. The Hall–Kier alpha value is -4.71. The molecule has 194 valence electrons. The van der Waals surface area contributed by atoms with E-state index in [0.29, 0.717) is 5.92 Å². The zero-order valence-electron chi connectivity index (χ0n) is 21.9. The van der Waals surface area contributed by atoms with Crippen LogP contribution in [0.15, 0.2) is 104 Å². The average molecular weight is 516 g/mol. The van der Waals surface area contributed by atoms with Gasteiger partial charge in [0.2, 0.25) is 0 Å². The molecule has 6 heteroatoms. The third kappa shape index (κ3) is 4.70. The minimum atomic E-state index is -0.257. The van der Waals surface area contributed by atoms with Crippen LogP contribution in [0.25, 0.3) is 50.0 Å². The molecule has 0 saturated heterocycles. The summed E-state index contributed by atoms with van der Waals surface area (Å²) in [4.78, 5) is 7.97. The van der Waals surface area contributed by atoms with Gasteiger partial charge in [0.15, 0.2) is 0 Å². The van der Waals surface area contributed by atoms with Crippen LogP contribution in [0.1, 0.15) is 31.7 Å². The second-order valence-corrected chi connectivity index (χ2v) is 9.97. The Morgan fingerprint density at radius 2 is 1.90 bits per heavy atom. The van der Waals surface area contributed by atoms with Gasteiger partial charge in [0.1, 0.15) is 17.2 Å². The maximum Gasteiger partial charge on any atom is 0.138 e. The van der Waals surface area contributed by atoms with Crippen LogP contribution in [-0.2, 0) is 0 Å². The first-order chi connectivity index (χ1) is 19.0. The van der Waals surface area contributed by atoms with Crippen molar-refractivity contribution in [3.63, 3.8) is 0 Å². The summed E-state index contributed by atoms with van der Waals surface area (Å²) in [5.74, 6) is 0.286. The minimum absolute atomic E-state index is 0.257. The number of nitrogens with zero attached hydrogens (tertiary/aromatic N) is 2. The molecule has 0 atom stereocenters. The molecule has 5 aromatic rings. The number of hydrogen-bond acceptors (Lipinski definition) is 3. The van der Waals surface area contributed by atoms with Crippen LogP contribution in [0.2, 0.25) is 0 Å². The first-order valence-corrected chi connectivity index (χ1v) is 13.2. The molecule has 0 spiro atoms. The molecule has 0 radical (unpaired) electrons. The molecular formula is C33H30FN5. The molecule has 0 aliphatic heterocycles. The molecule has 2 aromatic carbocycles. The smallest absolute Gasteiger partial charge is 0.138 e. The lowest BCUT2D eigenvalue weighted by atomic mass is 9.83. The maximum atomic E-state index is 13.5. The molecule has 5 nitrogen and oxygen atoms in total. The Kier molecular flexibility index (Phi) is 6.45. The molecular weight excluding hydrogens is 485 g/mol. The summed E-state index contributed by atoms with van der Waals surface area (Å²) in [7, 11) is 0. The first-order valence-electron chi connectivity index (χ1n) is 13.2. The standard InChI is InChI=1S/C33H30FN5/c1-4-21(17-26(5-2)36-20(3)22-7-6-8-22)24-11-14-30-29(18-24)32(39-38-30)31-19-28-27(15-16-35-33(28)37-31)23-9-12-25(34)13-10-23/h4-5,9-19,22,36H,2-3,6-8H2,1H3,(H,35,37)(H,38,39)/b21-4+,26-17+. The summed E-state index contributed by atoms with van der Waals surface area (Å²) >= 11 is 0. The monoisotopic (exact) mass is 515 g/mol. The van der Waals surface area contributed by atoms with E-state index in [2.05, 4.69) is 75.1 Å². The Balaban J connectivity index is 1.36. The lowest BCUT2D eigenvalue weighted by Crippen LogP contribution is -2.23. The number of fused-ring (bicyclic) bond motifs is 2. The van der Waals surface area contributed by atoms with Crippen LogP contribution in [-0.4, -0.2) is 20.2 Å². The second kappa shape index (κ2) is 10.2. The Morgan fingerprint density at radius 1 is 1.08 bits per heavy atom. The van der Waals surface area contributed by atoms with Gasteiger partial charge in [-0.15, -0.1) is 0 Å². The van der Waals surface area contributed by atoms with E-state index < -0.39 is 0 Å². The average Bonchev–Trinajstić information content (AvgIpc) is 3.54. The zero-order valence-corrected chi connectivity index (χ0v) is 21.9. The fourth-order valence-electron chi connectivity index (χ4n) is 5.13. The van der Waals surface area contributed by atoms with Crippen molar-refractivity contribution in [3.05, 3.63) is 115 Å². The van der Waals surface area contributed by atoms with E-state index >= 15 is 0 Å². The number of rotatable bonds is 8. The summed E-state index contributed by atoms with van der Waals surface area (Å²) in [6.45, 7) is 10.3. The molecule has 1 aliphatic carbocycles. The van der Waals surface area contributed by atoms with E-state index in [0.717, 1.165) is 67.0 Å². The summed E-state index contributed by atoms with van der Waals surface area (Å²) in [5, 5.41) is 13.2. The van der Waals surface area contributed by atoms with Crippen LogP contribution in [0.5, 0.6) is 0 Å². The molecule has 39 heavy (non-hydrogen) atoms. The molecule has 6 rings (SSSR count). The number of aromatic nitrogens is 4. The fourth-order valence-corrected chi connectivity index (χ4v) is 5.13. The number of hydrogen-bond donors (Lipinski definition) is 3. The van der Waals surface area contributed by atoms with Crippen molar-refractivity contribution >= 4 is 27.5 Å². The Morgan fingerprint density at radius 3 is 2.62 bits per heavy atom. The lowest BCUT2D eigenvalue weighted by Gasteiger charge is -2.28. The highest BCUT2D eigenvalue weighted by atomic mass is 19.1. The van der Waals surface area contributed by atoms with Gasteiger partial charge in [-0.2, -0.15) is 5.10 Å². The van der Waals surface area contributed by atoms with E-state index in [9.17, 15) is 4.39 Å². The molecule has 1 fully saturated rings. The van der Waals surface area contributed by atoms with Crippen LogP contribution < -0.4 is 5.32 Å². The number of aromatic amines is 2. The Labute approximate surface area is 226 Å². The van der Waals surface area contributed by atoms with E-state index in [1.807, 2.05) is 19.1 Å². The number of pyridine rings is 1. The van der Waals surface area contributed by atoms with Crippen LogP contribution in [0.4, 0.5) is 4.39 Å². The van der Waals surface area contributed by atoms with E-state index in [4.69, 9.17) is 0 Å². The summed E-state index contributed by atoms with van der Waals surface area (Å²) < 4.78 is 13.5. The highest BCUT2D eigenvalue weighted by Gasteiger charge is 2.20. The number of benzene rings is 2. The second-order valence-electron chi connectivity index (χ2n) is 9.97. The predicted octanol–water partition coefficient (Wildman–Crippen LogP) is 8.29. The SMILES string of the molecule is C=C/C(=C\C(=C/C)c1ccc2[nH]nc(-c3cc4c(-c5ccc(F)cc5)ccnc4[nH]3)c2c1)NC(=C)C1CCC1. The third-order valence-electron chi connectivity index (χ3n) is 7.58. The van der Waals surface area contributed by atoms with E-state index in [-0.39, 0.29) is 5.82 Å². The molecule has 0 unspecified atom stereocenters. The molecule has 3 N–H and O–H groups in total. The van der Waals surface area contributed by atoms with Gasteiger partial charge in [0.25, 0.3) is 0 Å². The first kappa shape index (κ1) is 24.6. The minimum Gasteiger partial charge on any atom is -0.359 e. The number of nitrogens with one attached hydrogen (secondary N) is 3. The van der Waals surface area contributed by atoms with Crippen molar-refractivity contribution in [2.24, 2.45) is 5.92 Å². The summed E-state index contributed by atoms with van der Waals surface area (Å²) in [5.41, 5.74) is 9.42. The predicted molar refractivity (Wildman–Crippen MR) is 158 cm³/mol. The van der Waals surface area contributed by atoms with Crippen molar-refractivity contribution in [3.8, 4) is 22.5 Å². The zero-order chi connectivity index (χ0) is 26.9. The van der Waals surface area contributed by atoms with Crippen molar-refractivity contribution in [2.45, 2.75) is 26.2 Å². The molecule has 0 amide bonds. The molecule has 3 heterocycles. The molecule has 1 saturated carbocycles. The number of allylic oxidation sites excluding steroid dienone is 5. The van der Waals surface area contributed by atoms with Crippen LogP contribution in [0, 0.1) is 11.7 Å². The molecule has 1 aliphatic rings. The van der Waals surface area contributed by atoms with Crippen LogP contribution in [0.3, 0.4) is 0 Å². The van der Waals surface area contributed by atoms with Gasteiger partial charge in [-0.05, 0) is 96.5 Å². The number of halogens is 1. The maximum absolute atomic E-state index is 13.5. The van der Waals surface area contributed by atoms with Gasteiger partial charge in [-0.25, -0.2) is 9.37 Å². The van der Waals surface area contributed by atoms with E-state index in [1.54, 1.807) is 18.3 Å². The van der Waals surface area contributed by atoms with Crippen molar-refractivity contribution in [1.82, 2.24) is 25.5 Å². The summed E-state index contributed by atoms with van der Waals surface area (Å²) in [6, 6.07) is 16.8. The fraction of sp³-hybridized carbons (Fsp3) is 0.152. The van der Waals surface area contributed by atoms with Gasteiger partial charge in [0, 0.05) is 28.4 Å². The Bertz CT molecular complexity index is 1760. The van der Waals surface area contributed by atoms with Crippen molar-refractivity contribution in [2.75, 3.05) is 0 Å². The lowest BCUT2D eigenvalue weighted by molar-refractivity contribution is 0.356. The highest BCUT2D eigenvalue weighted by molar-refractivity contribution is 6.00. The third-order valence-corrected chi connectivity index (χ3v) is 7.58. The quantitative estimate of drug-likeness (QED) is 0.182. The van der Waals surface area contributed by atoms with Crippen molar-refractivity contribution < 1.29 is 4.39 Å². The largest absolute Gasteiger partial charge is 0.359 e. The van der Waals surface area contributed by atoms with Gasteiger partial charge >= 0.3 is 0 Å². The van der Waals surface area contributed by atoms with Gasteiger partial charge in [0.05, 0.1) is 11.2 Å². The van der Waals surface area contributed by atoms with Gasteiger partial charge in [-0.3, -0.25) is 5.10 Å². The van der Waals surface area contributed by atoms with E-state index in [1.165, 1.54) is 31.4 Å². The molecule has 3 aromatic heterocycles. The highest BCUT2D eigenvalue weighted by Crippen LogP contribution is 2.35. The topological polar surface area (TPSA) is 69.4 Å². The van der Waals surface area contributed by atoms with Gasteiger partial charge in [-0.1, -0.05) is 43.9 Å². The van der Waals surface area contributed by atoms with Crippen molar-refractivity contribution in [1.29, 1.82) is 0 Å². The normalized spacial score (nSPS) is 14.5. The van der Waals surface area contributed by atoms with Gasteiger partial charge < -0.3 is 10.3 Å². The number of H-pyrrole nitrogens is 2. The van der Waals surface area contributed by atoms with Crippen LogP contribution >= 0.6 is 0 Å².